The van der Waals surface area contributed by atoms with Gasteiger partial charge in [0.05, 0.1) is 0 Å². The van der Waals surface area contributed by atoms with E-state index in [4.69, 9.17) is 5.73 Å². The molecule has 1 aromatic rings. The molecule has 1 heteroatoms. The largest absolute Gasteiger partial charge is 0.330 e. The van der Waals surface area contributed by atoms with Gasteiger partial charge in [-0.1, -0.05) is 57.4 Å². The maximum Gasteiger partial charge on any atom is 0.00190 e. The minimum atomic E-state index is 0.102. The minimum absolute atomic E-state index is 0.102. The van der Waals surface area contributed by atoms with Crippen LogP contribution >= 0.6 is 0 Å². The van der Waals surface area contributed by atoms with E-state index in [1.165, 1.54) is 43.2 Å². The molecule has 0 aliphatic heterocycles. The summed E-state index contributed by atoms with van der Waals surface area (Å²) in [4.78, 5) is 0. The van der Waals surface area contributed by atoms with Crippen LogP contribution in [-0.4, -0.2) is 6.54 Å². The van der Waals surface area contributed by atoms with Gasteiger partial charge in [0.25, 0.3) is 0 Å². The van der Waals surface area contributed by atoms with Gasteiger partial charge in [-0.2, -0.15) is 0 Å². The van der Waals surface area contributed by atoms with Crippen LogP contribution in [0.1, 0.15) is 63.0 Å². The molecule has 0 saturated heterocycles. The first-order chi connectivity index (χ1) is 8.13. The molecular weight excluding hydrogens is 206 g/mol. The Bertz CT molecular complexity index is 344. The number of nitrogens with two attached hydrogens (primary N) is 1. The molecule has 0 aromatic heterocycles. The van der Waals surface area contributed by atoms with E-state index >= 15 is 0 Å². The van der Waals surface area contributed by atoms with Gasteiger partial charge in [-0.05, 0) is 29.9 Å². The first kappa shape index (κ1) is 12.6. The van der Waals surface area contributed by atoms with Crippen molar-refractivity contribution >= 4 is 0 Å². The van der Waals surface area contributed by atoms with Gasteiger partial charge in [0.1, 0.15) is 0 Å². The predicted molar refractivity (Wildman–Crippen MR) is 74.3 cm³/mol. The Morgan fingerprint density at radius 2 is 1.65 bits per heavy atom. The van der Waals surface area contributed by atoms with Crippen molar-refractivity contribution in [2.24, 2.45) is 5.73 Å². The number of benzene rings is 1. The zero-order chi connectivity index (χ0) is 12.3. The van der Waals surface area contributed by atoms with Crippen LogP contribution < -0.4 is 5.73 Å². The Morgan fingerprint density at radius 1 is 1.06 bits per heavy atom. The van der Waals surface area contributed by atoms with Crippen LogP contribution in [0.2, 0.25) is 0 Å². The highest BCUT2D eigenvalue weighted by Gasteiger charge is 2.20. The molecule has 1 aromatic carbocycles. The van der Waals surface area contributed by atoms with Crippen molar-refractivity contribution < 1.29 is 0 Å². The van der Waals surface area contributed by atoms with E-state index in [0.29, 0.717) is 6.54 Å². The number of hydrogen-bond donors (Lipinski definition) is 1. The summed E-state index contributed by atoms with van der Waals surface area (Å²) in [7, 11) is 0. The Kier molecular flexibility index (Phi) is 3.88. The van der Waals surface area contributed by atoms with Crippen molar-refractivity contribution in [3.63, 3.8) is 0 Å². The summed E-state index contributed by atoms with van der Waals surface area (Å²) in [5.74, 6) is 0.804. The molecule has 1 aliphatic carbocycles. The summed E-state index contributed by atoms with van der Waals surface area (Å²) in [6.07, 6.45) is 6.98. The molecule has 0 atom stereocenters. The molecular formula is C16H25N. The standard InChI is InChI=1S/C16H25N/c1-16(2,12-17)15-10-8-14(9-11-15)13-6-4-3-5-7-13/h8-11,13H,3-7,12,17H2,1-2H3. The maximum absolute atomic E-state index is 5.82. The number of hydrogen-bond acceptors (Lipinski definition) is 1. The summed E-state index contributed by atoms with van der Waals surface area (Å²) in [6.45, 7) is 5.13. The van der Waals surface area contributed by atoms with Crippen molar-refractivity contribution in [2.45, 2.75) is 57.3 Å². The molecule has 2 N–H and O–H groups in total. The first-order valence-electron chi connectivity index (χ1n) is 6.94. The Morgan fingerprint density at radius 3 is 2.18 bits per heavy atom. The van der Waals surface area contributed by atoms with Crippen molar-refractivity contribution in [3.05, 3.63) is 35.4 Å². The third-order valence-electron chi connectivity index (χ3n) is 4.28. The molecule has 2 rings (SSSR count). The SMILES string of the molecule is CC(C)(CN)c1ccc(C2CCCCC2)cc1. The zero-order valence-electron chi connectivity index (χ0n) is 11.2. The van der Waals surface area contributed by atoms with Gasteiger partial charge < -0.3 is 5.73 Å². The highest BCUT2D eigenvalue weighted by atomic mass is 14.6. The van der Waals surface area contributed by atoms with Gasteiger partial charge in [-0.25, -0.2) is 0 Å². The van der Waals surface area contributed by atoms with Crippen LogP contribution in [0.15, 0.2) is 24.3 Å². The van der Waals surface area contributed by atoms with Crippen LogP contribution in [0.5, 0.6) is 0 Å². The molecule has 1 saturated carbocycles. The van der Waals surface area contributed by atoms with Crippen LogP contribution in [0.25, 0.3) is 0 Å². The third-order valence-corrected chi connectivity index (χ3v) is 4.28. The molecule has 17 heavy (non-hydrogen) atoms. The molecule has 0 radical (unpaired) electrons. The summed E-state index contributed by atoms with van der Waals surface area (Å²) in [5, 5.41) is 0. The molecule has 1 fully saturated rings. The van der Waals surface area contributed by atoms with E-state index in [2.05, 4.69) is 38.1 Å². The van der Waals surface area contributed by atoms with Crippen LogP contribution in [0.4, 0.5) is 0 Å². The van der Waals surface area contributed by atoms with E-state index in [1.807, 2.05) is 0 Å². The van der Waals surface area contributed by atoms with E-state index in [9.17, 15) is 0 Å². The summed E-state index contributed by atoms with van der Waals surface area (Å²) >= 11 is 0. The fourth-order valence-corrected chi connectivity index (χ4v) is 2.76. The lowest BCUT2D eigenvalue weighted by Gasteiger charge is -2.25. The average Bonchev–Trinajstić information content (AvgIpc) is 2.40. The van der Waals surface area contributed by atoms with E-state index < -0.39 is 0 Å². The normalized spacial score (nSPS) is 18.3. The third kappa shape index (κ3) is 2.90. The van der Waals surface area contributed by atoms with Gasteiger partial charge in [0.15, 0.2) is 0 Å². The van der Waals surface area contributed by atoms with Crippen molar-refractivity contribution in [3.8, 4) is 0 Å². The second-order valence-electron chi connectivity index (χ2n) is 6.04. The highest BCUT2D eigenvalue weighted by molar-refractivity contribution is 5.30. The maximum atomic E-state index is 5.82. The molecule has 0 unspecified atom stereocenters. The monoisotopic (exact) mass is 231 g/mol. The van der Waals surface area contributed by atoms with Gasteiger partial charge in [-0.3, -0.25) is 0 Å². The predicted octanol–water partition coefficient (Wildman–Crippen LogP) is 3.97. The molecule has 0 amide bonds. The Balaban J connectivity index is 2.12. The lowest BCUT2D eigenvalue weighted by Crippen LogP contribution is -2.28. The van der Waals surface area contributed by atoms with Crippen LogP contribution in [0.3, 0.4) is 0 Å². The van der Waals surface area contributed by atoms with E-state index in [-0.39, 0.29) is 5.41 Å². The van der Waals surface area contributed by atoms with Gasteiger partial charge in [-0.15, -0.1) is 0 Å². The smallest absolute Gasteiger partial charge is 0.00190 e. The summed E-state index contributed by atoms with van der Waals surface area (Å²) < 4.78 is 0. The molecule has 1 nitrogen and oxygen atoms in total. The first-order valence-corrected chi connectivity index (χ1v) is 6.94. The van der Waals surface area contributed by atoms with Gasteiger partial charge in [0, 0.05) is 12.0 Å². The van der Waals surface area contributed by atoms with Crippen LogP contribution in [0, 0.1) is 0 Å². The fraction of sp³-hybridized carbons (Fsp3) is 0.625. The van der Waals surface area contributed by atoms with E-state index in [1.54, 1.807) is 0 Å². The average molecular weight is 231 g/mol. The summed E-state index contributed by atoms with van der Waals surface area (Å²) in [6, 6.07) is 9.19. The lowest BCUT2D eigenvalue weighted by atomic mass is 9.81. The lowest BCUT2D eigenvalue weighted by molar-refractivity contribution is 0.443. The van der Waals surface area contributed by atoms with Crippen molar-refractivity contribution in [2.75, 3.05) is 6.54 Å². The minimum Gasteiger partial charge on any atom is -0.330 e. The molecule has 1 aliphatic rings. The Labute approximate surface area is 105 Å². The summed E-state index contributed by atoms with van der Waals surface area (Å²) in [5.41, 5.74) is 8.81. The van der Waals surface area contributed by atoms with E-state index in [0.717, 1.165) is 5.92 Å². The number of rotatable bonds is 3. The second-order valence-corrected chi connectivity index (χ2v) is 6.04. The topological polar surface area (TPSA) is 26.0 Å². The van der Waals surface area contributed by atoms with Crippen LogP contribution in [-0.2, 0) is 5.41 Å². The quantitative estimate of drug-likeness (QED) is 0.837. The Hall–Kier alpha value is -0.820. The molecule has 0 bridgehead atoms. The fourth-order valence-electron chi connectivity index (χ4n) is 2.76. The van der Waals surface area contributed by atoms with Crippen molar-refractivity contribution in [1.29, 1.82) is 0 Å². The molecule has 0 spiro atoms. The zero-order valence-corrected chi connectivity index (χ0v) is 11.2. The molecule has 94 valence electrons. The van der Waals surface area contributed by atoms with Gasteiger partial charge >= 0.3 is 0 Å². The van der Waals surface area contributed by atoms with Gasteiger partial charge in [0.2, 0.25) is 0 Å². The highest BCUT2D eigenvalue weighted by Crippen LogP contribution is 2.33. The van der Waals surface area contributed by atoms with Crippen molar-refractivity contribution in [1.82, 2.24) is 0 Å². The molecule has 0 heterocycles. The second kappa shape index (κ2) is 5.22.